The molecule has 1 fully saturated rings. The molecule has 1 aliphatic carbocycles. The van der Waals surface area contributed by atoms with E-state index in [4.69, 9.17) is 0 Å². The van der Waals surface area contributed by atoms with Crippen molar-refractivity contribution in [1.82, 2.24) is 9.97 Å². The summed E-state index contributed by atoms with van der Waals surface area (Å²) in [6.45, 7) is 2.58. The van der Waals surface area contributed by atoms with Crippen LogP contribution in [-0.4, -0.2) is 41.4 Å². The molecule has 2 aliphatic rings. The molecule has 1 atom stereocenters. The summed E-state index contributed by atoms with van der Waals surface area (Å²) in [6.07, 6.45) is 4.85. The number of ether oxygens (including phenoxy) is 1. The number of esters is 1. The van der Waals surface area contributed by atoms with Crippen LogP contribution in [0.4, 0.5) is 5.82 Å². The van der Waals surface area contributed by atoms with E-state index in [1.165, 1.54) is 19.7 Å². The normalized spacial score (nSPS) is 22.2. The van der Waals surface area contributed by atoms with Crippen molar-refractivity contribution < 1.29 is 14.3 Å². The number of methoxy groups -OCH3 is 1. The summed E-state index contributed by atoms with van der Waals surface area (Å²) in [5.41, 5.74) is 0.390. The van der Waals surface area contributed by atoms with Crippen LogP contribution in [0.2, 0.25) is 0 Å². The maximum Gasteiger partial charge on any atom is 0.358 e. The Hall–Kier alpha value is -1.98. The molecule has 106 valence electrons. The number of carbonyl (C=O) groups excluding carboxylic acids is 2. The third kappa shape index (κ3) is 1.95. The second-order valence-electron chi connectivity index (χ2n) is 5.42. The SMILES string of the molecule is COC(=O)c1cnc2c(n1)C(=O)C(C)CN2C1CCC1. The van der Waals surface area contributed by atoms with E-state index in [0.29, 0.717) is 24.1 Å². The molecule has 0 amide bonds. The number of nitrogens with zero attached hydrogens (tertiary/aromatic N) is 3. The van der Waals surface area contributed by atoms with E-state index in [0.717, 1.165) is 12.8 Å². The topological polar surface area (TPSA) is 72.4 Å². The zero-order valence-electron chi connectivity index (χ0n) is 11.6. The molecule has 3 rings (SSSR count). The summed E-state index contributed by atoms with van der Waals surface area (Å²) in [5, 5.41) is 0. The Balaban J connectivity index is 2.02. The van der Waals surface area contributed by atoms with Gasteiger partial charge in [0.1, 0.15) is 5.69 Å². The molecule has 0 radical (unpaired) electrons. The van der Waals surface area contributed by atoms with Gasteiger partial charge in [0.25, 0.3) is 0 Å². The van der Waals surface area contributed by atoms with Gasteiger partial charge < -0.3 is 9.64 Å². The molecule has 0 saturated heterocycles. The molecule has 6 nitrogen and oxygen atoms in total. The van der Waals surface area contributed by atoms with Crippen molar-refractivity contribution in [1.29, 1.82) is 0 Å². The maximum absolute atomic E-state index is 12.3. The number of rotatable bonds is 2. The highest BCUT2D eigenvalue weighted by atomic mass is 16.5. The van der Waals surface area contributed by atoms with Gasteiger partial charge in [0.2, 0.25) is 0 Å². The first-order valence-electron chi connectivity index (χ1n) is 6.88. The number of anilines is 1. The number of hydrogen-bond acceptors (Lipinski definition) is 6. The van der Waals surface area contributed by atoms with E-state index >= 15 is 0 Å². The molecule has 1 unspecified atom stereocenters. The largest absolute Gasteiger partial charge is 0.464 e. The summed E-state index contributed by atoms with van der Waals surface area (Å²) in [5.74, 6) is -0.119. The van der Waals surface area contributed by atoms with Crippen molar-refractivity contribution in [3.05, 3.63) is 17.6 Å². The monoisotopic (exact) mass is 275 g/mol. The summed E-state index contributed by atoms with van der Waals surface area (Å²) >= 11 is 0. The average Bonchev–Trinajstić information content (AvgIpc) is 2.41. The fraction of sp³-hybridized carbons (Fsp3) is 0.571. The number of aromatic nitrogens is 2. The number of ketones is 1. The molecule has 1 aromatic rings. The van der Waals surface area contributed by atoms with Crippen molar-refractivity contribution >= 4 is 17.6 Å². The molecule has 1 saturated carbocycles. The minimum Gasteiger partial charge on any atom is -0.464 e. The highest BCUT2D eigenvalue weighted by Crippen LogP contribution is 2.34. The van der Waals surface area contributed by atoms with E-state index in [1.807, 2.05) is 6.92 Å². The van der Waals surface area contributed by atoms with Gasteiger partial charge in [0.15, 0.2) is 17.3 Å². The van der Waals surface area contributed by atoms with Crippen LogP contribution in [0.5, 0.6) is 0 Å². The smallest absolute Gasteiger partial charge is 0.358 e. The Morgan fingerprint density at radius 3 is 2.80 bits per heavy atom. The highest BCUT2D eigenvalue weighted by molar-refractivity contribution is 6.03. The van der Waals surface area contributed by atoms with Crippen molar-refractivity contribution in [2.45, 2.75) is 32.2 Å². The van der Waals surface area contributed by atoms with Crippen LogP contribution in [0.25, 0.3) is 0 Å². The minimum atomic E-state index is -0.568. The molecule has 1 aliphatic heterocycles. The van der Waals surface area contributed by atoms with Crippen molar-refractivity contribution in [3.63, 3.8) is 0 Å². The predicted molar refractivity (Wildman–Crippen MR) is 71.9 cm³/mol. The second kappa shape index (κ2) is 4.85. The van der Waals surface area contributed by atoms with Crippen molar-refractivity contribution in [2.75, 3.05) is 18.6 Å². The van der Waals surface area contributed by atoms with Crippen LogP contribution in [-0.2, 0) is 4.74 Å². The van der Waals surface area contributed by atoms with Crippen LogP contribution >= 0.6 is 0 Å². The molecule has 0 aromatic carbocycles. The van der Waals surface area contributed by atoms with Gasteiger partial charge in [0, 0.05) is 18.5 Å². The molecule has 20 heavy (non-hydrogen) atoms. The lowest BCUT2D eigenvalue weighted by molar-refractivity contribution is 0.0593. The molecule has 0 spiro atoms. The van der Waals surface area contributed by atoms with Crippen molar-refractivity contribution in [2.24, 2.45) is 5.92 Å². The van der Waals surface area contributed by atoms with Gasteiger partial charge in [-0.3, -0.25) is 4.79 Å². The van der Waals surface area contributed by atoms with Gasteiger partial charge in [-0.1, -0.05) is 6.92 Å². The standard InChI is InChI=1S/C14H17N3O3/c1-8-7-17(9-4-3-5-9)13-11(12(8)18)16-10(6-15-13)14(19)20-2/h6,8-9H,3-5,7H2,1-2H3. The lowest BCUT2D eigenvalue weighted by Gasteiger charge is -2.42. The van der Waals surface area contributed by atoms with E-state index in [1.54, 1.807) is 0 Å². The molecule has 1 aromatic heterocycles. The van der Waals surface area contributed by atoms with E-state index in [-0.39, 0.29) is 17.4 Å². The lowest BCUT2D eigenvalue weighted by atomic mass is 9.88. The summed E-state index contributed by atoms with van der Waals surface area (Å²) in [4.78, 5) is 34.4. The molecule has 0 bridgehead atoms. The first-order chi connectivity index (χ1) is 9.61. The van der Waals surface area contributed by atoms with Gasteiger partial charge in [-0.15, -0.1) is 0 Å². The Morgan fingerprint density at radius 1 is 1.45 bits per heavy atom. The second-order valence-corrected chi connectivity index (χ2v) is 5.42. The van der Waals surface area contributed by atoms with Gasteiger partial charge in [-0.25, -0.2) is 14.8 Å². The zero-order valence-corrected chi connectivity index (χ0v) is 11.6. The van der Waals surface area contributed by atoms with Crippen LogP contribution in [0.1, 0.15) is 47.2 Å². The van der Waals surface area contributed by atoms with Crippen LogP contribution < -0.4 is 4.90 Å². The summed E-state index contributed by atoms with van der Waals surface area (Å²) in [7, 11) is 1.29. The predicted octanol–water partition coefficient (Wildman–Crippen LogP) is 1.45. The highest BCUT2D eigenvalue weighted by Gasteiger charge is 2.37. The molecule has 2 heterocycles. The first kappa shape index (κ1) is 13.0. The van der Waals surface area contributed by atoms with Gasteiger partial charge >= 0.3 is 5.97 Å². The summed E-state index contributed by atoms with van der Waals surface area (Å²) in [6, 6.07) is 0.447. The van der Waals surface area contributed by atoms with Gasteiger partial charge in [-0.2, -0.15) is 0 Å². The quantitative estimate of drug-likeness (QED) is 0.761. The minimum absolute atomic E-state index is 0.0474. The first-order valence-corrected chi connectivity index (χ1v) is 6.88. The van der Waals surface area contributed by atoms with Crippen LogP contribution in [0, 0.1) is 5.92 Å². The van der Waals surface area contributed by atoms with E-state index in [9.17, 15) is 9.59 Å². The number of carbonyl (C=O) groups is 2. The lowest BCUT2D eigenvalue weighted by Crippen LogP contribution is -2.48. The van der Waals surface area contributed by atoms with Gasteiger partial charge in [-0.05, 0) is 19.3 Å². The number of fused-ring (bicyclic) bond motifs is 1. The Morgan fingerprint density at radius 2 is 2.20 bits per heavy atom. The molecular formula is C14H17N3O3. The van der Waals surface area contributed by atoms with E-state index < -0.39 is 5.97 Å². The van der Waals surface area contributed by atoms with Crippen molar-refractivity contribution in [3.8, 4) is 0 Å². The zero-order chi connectivity index (χ0) is 14.3. The van der Waals surface area contributed by atoms with Gasteiger partial charge in [0.05, 0.1) is 13.3 Å². The average molecular weight is 275 g/mol. The number of Topliss-reactive ketones (excluding diaryl/α,β-unsaturated/α-hetero) is 1. The Kier molecular flexibility index (Phi) is 3.16. The fourth-order valence-electron chi connectivity index (χ4n) is 2.68. The van der Waals surface area contributed by atoms with E-state index in [2.05, 4.69) is 19.6 Å². The van der Waals surface area contributed by atoms with Crippen LogP contribution in [0.3, 0.4) is 0 Å². The maximum atomic E-state index is 12.3. The Bertz CT molecular complexity index is 569. The third-order valence-corrected chi connectivity index (χ3v) is 4.09. The summed E-state index contributed by atoms with van der Waals surface area (Å²) < 4.78 is 4.63. The van der Waals surface area contributed by atoms with Crippen LogP contribution in [0.15, 0.2) is 6.20 Å². The molecule has 0 N–H and O–H groups in total. The number of hydrogen-bond donors (Lipinski definition) is 0. The molecule has 6 heteroatoms. The Labute approximate surface area is 117 Å². The molecular weight excluding hydrogens is 258 g/mol. The fourth-order valence-corrected chi connectivity index (χ4v) is 2.68. The third-order valence-electron chi connectivity index (χ3n) is 4.09.